The Morgan fingerprint density at radius 3 is 2.53 bits per heavy atom. The van der Waals surface area contributed by atoms with Gasteiger partial charge in [0, 0.05) is 19.0 Å². The maximum Gasteiger partial charge on any atom is 0.313 e. The summed E-state index contributed by atoms with van der Waals surface area (Å²) in [6.07, 6.45) is 2.42. The maximum atomic E-state index is 11.4. The second-order valence-corrected chi connectivity index (χ2v) is 4.90. The van der Waals surface area contributed by atoms with Gasteiger partial charge in [0.25, 0.3) is 0 Å². The minimum absolute atomic E-state index is 0.0542. The molecule has 0 aromatic carbocycles. The van der Waals surface area contributed by atoms with Gasteiger partial charge in [0.15, 0.2) is 0 Å². The van der Waals surface area contributed by atoms with Crippen molar-refractivity contribution in [3.05, 3.63) is 21.5 Å². The van der Waals surface area contributed by atoms with Gasteiger partial charge in [0.1, 0.15) is 11.4 Å². The highest BCUT2D eigenvalue weighted by molar-refractivity contribution is 5.43. The normalized spacial score (nSPS) is 14.4. The number of nitrogens with one attached hydrogen (secondary N) is 1. The quantitative estimate of drug-likeness (QED) is 0.608. The molecule has 1 aromatic heterocycles. The number of hydrogen-bond donors (Lipinski definition) is 1. The molecule has 6 heteroatoms. The number of rotatable bonds is 7. The molecule has 1 heterocycles. The Morgan fingerprint density at radius 2 is 2.11 bits per heavy atom. The van der Waals surface area contributed by atoms with E-state index in [9.17, 15) is 10.1 Å². The first kappa shape index (κ1) is 15.6. The zero-order valence-corrected chi connectivity index (χ0v) is 12.4. The van der Waals surface area contributed by atoms with Crippen LogP contribution in [0.25, 0.3) is 0 Å². The second kappa shape index (κ2) is 6.65. The van der Waals surface area contributed by atoms with Crippen LogP contribution in [-0.4, -0.2) is 27.8 Å². The molecule has 0 aliphatic heterocycles. The van der Waals surface area contributed by atoms with Gasteiger partial charge in [-0.1, -0.05) is 27.2 Å². The number of likely N-dealkylation sites (N-methyl/N-ethyl adjacent to an activating group) is 1. The predicted molar refractivity (Wildman–Crippen MR) is 75.4 cm³/mol. The van der Waals surface area contributed by atoms with Gasteiger partial charge in [-0.25, -0.2) is 0 Å². The fraction of sp³-hybridized carbons (Fsp3) is 0.769. The minimum Gasteiger partial charge on any atom is -0.316 e. The zero-order valence-electron chi connectivity index (χ0n) is 12.4. The van der Waals surface area contributed by atoms with E-state index in [1.54, 1.807) is 11.7 Å². The Balaban J connectivity index is 3.29. The summed E-state index contributed by atoms with van der Waals surface area (Å²) in [6.45, 7) is 6.10. The monoisotopic (exact) mass is 268 g/mol. The molecular formula is C13H24N4O2. The van der Waals surface area contributed by atoms with Crippen LogP contribution in [0.3, 0.4) is 0 Å². The van der Waals surface area contributed by atoms with E-state index < -0.39 is 0 Å². The van der Waals surface area contributed by atoms with E-state index in [1.807, 2.05) is 20.9 Å². The Morgan fingerprint density at radius 1 is 1.47 bits per heavy atom. The summed E-state index contributed by atoms with van der Waals surface area (Å²) in [4.78, 5) is 11.1. The van der Waals surface area contributed by atoms with E-state index >= 15 is 0 Å². The average Bonchev–Trinajstić information content (AvgIpc) is 2.67. The number of nitro groups is 1. The molecule has 1 rings (SSSR count). The fourth-order valence-corrected chi connectivity index (χ4v) is 2.70. The molecule has 2 atom stereocenters. The molecule has 2 unspecified atom stereocenters. The van der Waals surface area contributed by atoms with Gasteiger partial charge in [-0.2, -0.15) is 5.10 Å². The summed E-state index contributed by atoms with van der Waals surface area (Å²) >= 11 is 0. The number of nitrogens with zero attached hydrogens (tertiary/aromatic N) is 3. The Kier molecular flexibility index (Phi) is 5.47. The van der Waals surface area contributed by atoms with Crippen LogP contribution in [0.2, 0.25) is 0 Å². The predicted octanol–water partition coefficient (Wildman–Crippen LogP) is 2.38. The third kappa shape index (κ3) is 3.12. The Hall–Kier alpha value is -1.43. The molecular weight excluding hydrogens is 244 g/mol. The van der Waals surface area contributed by atoms with Crippen LogP contribution >= 0.6 is 0 Å². The third-order valence-electron chi connectivity index (χ3n) is 3.65. The summed E-state index contributed by atoms with van der Waals surface area (Å²) in [6, 6.07) is 0.212. The van der Waals surface area contributed by atoms with Gasteiger partial charge >= 0.3 is 5.69 Å². The lowest BCUT2D eigenvalue weighted by Crippen LogP contribution is -2.31. The van der Waals surface area contributed by atoms with Crippen molar-refractivity contribution in [1.82, 2.24) is 15.1 Å². The molecule has 1 aromatic rings. The molecule has 0 bridgehead atoms. The fourth-order valence-electron chi connectivity index (χ4n) is 2.70. The topological polar surface area (TPSA) is 73.0 Å². The molecule has 0 saturated carbocycles. The van der Waals surface area contributed by atoms with Crippen molar-refractivity contribution >= 4 is 5.69 Å². The van der Waals surface area contributed by atoms with E-state index in [4.69, 9.17) is 0 Å². The molecule has 0 radical (unpaired) electrons. The first-order valence-electron chi connectivity index (χ1n) is 6.85. The maximum absolute atomic E-state index is 11.4. The molecule has 0 saturated heterocycles. The SMILES string of the molecule is CCCc1nn(C)c(C(C)C(CC)NC)c1[N+](=O)[O-]. The molecule has 0 aliphatic rings. The van der Waals surface area contributed by atoms with Crippen molar-refractivity contribution < 1.29 is 4.92 Å². The van der Waals surface area contributed by atoms with Crippen LogP contribution in [-0.2, 0) is 13.5 Å². The van der Waals surface area contributed by atoms with Crippen LogP contribution < -0.4 is 5.32 Å². The van der Waals surface area contributed by atoms with Crippen LogP contribution in [0.1, 0.15) is 50.9 Å². The van der Waals surface area contributed by atoms with Crippen LogP contribution in [0.5, 0.6) is 0 Å². The first-order chi connectivity index (χ1) is 8.97. The van der Waals surface area contributed by atoms with Crippen molar-refractivity contribution in [2.24, 2.45) is 7.05 Å². The molecule has 0 amide bonds. The lowest BCUT2D eigenvalue weighted by atomic mass is 9.94. The molecule has 19 heavy (non-hydrogen) atoms. The van der Waals surface area contributed by atoms with E-state index in [0.717, 1.165) is 18.5 Å². The van der Waals surface area contributed by atoms with Gasteiger partial charge in [-0.3, -0.25) is 14.8 Å². The summed E-state index contributed by atoms with van der Waals surface area (Å²) in [7, 11) is 3.68. The Labute approximate surface area is 114 Å². The zero-order chi connectivity index (χ0) is 14.6. The van der Waals surface area contributed by atoms with E-state index in [-0.39, 0.29) is 22.6 Å². The molecule has 0 fully saturated rings. The van der Waals surface area contributed by atoms with Crippen LogP contribution in [0.15, 0.2) is 0 Å². The van der Waals surface area contributed by atoms with Gasteiger partial charge in [-0.15, -0.1) is 0 Å². The van der Waals surface area contributed by atoms with Gasteiger partial charge in [0.2, 0.25) is 0 Å². The number of hydrogen-bond acceptors (Lipinski definition) is 4. The van der Waals surface area contributed by atoms with Gasteiger partial charge < -0.3 is 5.32 Å². The first-order valence-corrected chi connectivity index (χ1v) is 6.85. The van der Waals surface area contributed by atoms with Crippen molar-refractivity contribution in [1.29, 1.82) is 0 Å². The molecule has 1 N–H and O–H groups in total. The molecule has 6 nitrogen and oxygen atoms in total. The highest BCUT2D eigenvalue weighted by Gasteiger charge is 2.32. The second-order valence-electron chi connectivity index (χ2n) is 4.90. The summed E-state index contributed by atoms with van der Waals surface area (Å²) in [5.74, 6) is 0.0542. The molecule has 108 valence electrons. The van der Waals surface area contributed by atoms with Crippen molar-refractivity contribution in [3.8, 4) is 0 Å². The largest absolute Gasteiger partial charge is 0.316 e. The van der Waals surface area contributed by atoms with Crippen molar-refractivity contribution in [2.75, 3.05) is 7.05 Å². The van der Waals surface area contributed by atoms with E-state index in [1.165, 1.54) is 0 Å². The van der Waals surface area contributed by atoms with Crippen LogP contribution in [0.4, 0.5) is 5.69 Å². The summed E-state index contributed by atoms with van der Waals surface area (Å²) in [5.41, 5.74) is 1.52. The van der Waals surface area contributed by atoms with Gasteiger partial charge in [0.05, 0.1) is 4.92 Å². The molecule has 0 spiro atoms. The summed E-state index contributed by atoms with van der Waals surface area (Å²) < 4.78 is 1.67. The van der Waals surface area contributed by atoms with Crippen molar-refractivity contribution in [3.63, 3.8) is 0 Å². The molecule has 0 aliphatic carbocycles. The number of aryl methyl sites for hydroxylation is 2. The van der Waals surface area contributed by atoms with E-state index in [0.29, 0.717) is 12.1 Å². The smallest absolute Gasteiger partial charge is 0.313 e. The van der Waals surface area contributed by atoms with Crippen LogP contribution in [0, 0.1) is 10.1 Å². The van der Waals surface area contributed by atoms with Crippen molar-refractivity contribution in [2.45, 2.75) is 52.0 Å². The van der Waals surface area contributed by atoms with E-state index in [2.05, 4.69) is 17.3 Å². The lowest BCUT2D eigenvalue weighted by Gasteiger charge is -2.21. The summed E-state index contributed by atoms with van der Waals surface area (Å²) in [5, 5.41) is 18.9. The minimum atomic E-state index is -0.286. The Bertz CT molecular complexity index is 438. The number of aromatic nitrogens is 2. The highest BCUT2D eigenvalue weighted by atomic mass is 16.6. The lowest BCUT2D eigenvalue weighted by molar-refractivity contribution is -0.386. The highest BCUT2D eigenvalue weighted by Crippen LogP contribution is 2.32. The average molecular weight is 268 g/mol. The van der Waals surface area contributed by atoms with Gasteiger partial charge in [-0.05, 0) is 19.9 Å². The third-order valence-corrected chi connectivity index (χ3v) is 3.65. The standard InChI is InChI=1S/C13H24N4O2/c1-6-8-11-13(17(18)19)12(16(5)15-11)9(3)10(7-2)14-4/h9-10,14H,6-8H2,1-5H3.